The maximum atomic E-state index is 12.3. The van der Waals surface area contributed by atoms with E-state index in [1.54, 1.807) is 4.68 Å². The molecule has 0 unspecified atom stereocenters. The fourth-order valence-corrected chi connectivity index (χ4v) is 3.01. The molecular weight excluding hydrogens is 340 g/mol. The van der Waals surface area contributed by atoms with Crippen LogP contribution in [0.4, 0.5) is 0 Å². The second kappa shape index (κ2) is 8.99. The highest BCUT2D eigenvalue weighted by molar-refractivity contribution is 5.88. The Balaban J connectivity index is 0.00000225. The van der Waals surface area contributed by atoms with Gasteiger partial charge in [0.25, 0.3) is 0 Å². The van der Waals surface area contributed by atoms with Crippen molar-refractivity contribution in [1.82, 2.24) is 20.0 Å². The lowest BCUT2D eigenvalue weighted by Gasteiger charge is -2.31. The number of halogens is 1. The Kier molecular flexibility index (Phi) is 6.99. The molecule has 0 bridgehead atoms. The van der Waals surface area contributed by atoms with E-state index in [1.807, 2.05) is 43.5 Å². The zero-order chi connectivity index (χ0) is 16.9. The summed E-state index contributed by atoms with van der Waals surface area (Å²) in [5.41, 5.74) is 2.25. The van der Waals surface area contributed by atoms with Gasteiger partial charge in [0.2, 0.25) is 0 Å². The Morgan fingerprint density at radius 2 is 2.12 bits per heavy atom. The molecule has 1 aromatic carbocycles. The third-order valence-corrected chi connectivity index (χ3v) is 4.13. The summed E-state index contributed by atoms with van der Waals surface area (Å²) < 4.78 is 6.94. The number of aromatic nitrogens is 2. The number of nitrogens with zero attached hydrogens (tertiary/aromatic N) is 3. The average molecular weight is 365 g/mol. The molecule has 1 aliphatic heterocycles. The van der Waals surface area contributed by atoms with Crippen molar-refractivity contribution < 1.29 is 9.53 Å². The number of para-hydroxylation sites is 1. The molecule has 0 radical (unpaired) electrons. The normalized spacial score (nSPS) is 17.8. The fraction of sp³-hybridized carbons (Fsp3) is 0.444. The summed E-state index contributed by atoms with van der Waals surface area (Å²) in [5, 5.41) is 7.92. The fourth-order valence-electron chi connectivity index (χ4n) is 3.01. The Morgan fingerprint density at radius 3 is 2.80 bits per heavy atom. The number of esters is 1. The van der Waals surface area contributed by atoms with Crippen LogP contribution in [0.1, 0.15) is 29.9 Å². The minimum atomic E-state index is -0.356. The molecule has 1 aliphatic rings. The number of ether oxygens (including phenoxy) is 1. The van der Waals surface area contributed by atoms with Gasteiger partial charge in [0.1, 0.15) is 0 Å². The van der Waals surface area contributed by atoms with Gasteiger partial charge in [0, 0.05) is 44.0 Å². The number of piperazine rings is 1. The summed E-state index contributed by atoms with van der Waals surface area (Å²) in [7, 11) is 0. The summed E-state index contributed by atoms with van der Waals surface area (Å²) in [4.78, 5) is 14.6. The van der Waals surface area contributed by atoms with Gasteiger partial charge in [0.15, 0.2) is 5.69 Å². The maximum Gasteiger partial charge on any atom is 0.359 e. The number of hydrogen-bond donors (Lipinski definition) is 1. The van der Waals surface area contributed by atoms with Gasteiger partial charge in [-0.05, 0) is 26.0 Å². The van der Waals surface area contributed by atoms with E-state index in [0.29, 0.717) is 24.9 Å². The summed E-state index contributed by atoms with van der Waals surface area (Å²) in [6.07, 6.45) is 1.94. The van der Waals surface area contributed by atoms with E-state index < -0.39 is 0 Å². The van der Waals surface area contributed by atoms with Crippen LogP contribution in [0, 0.1) is 0 Å². The summed E-state index contributed by atoms with van der Waals surface area (Å²) in [6, 6.07) is 10.3. The van der Waals surface area contributed by atoms with Gasteiger partial charge < -0.3 is 10.1 Å². The molecule has 25 heavy (non-hydrogen) atoms. The zero-order valence-corrected chi connectivity index (χ0v) is 15.5. The molecule has 2 heterocycles. The molecule has 2 aromatic rings. The van der Waals surface area contributed by atoms with Crippen molar-refractivity contribution in [2.75, 3.05) is 26.2 Å². The third-order valence-electron chi connectivity index (χ3n) is 4.13. The van der Waals surface area contributed by atoms with Gasteiger partial charge in [0.05, 0.1) is 12.3 Å². The Labute approximate surface area is 154 Å². The van der Waals surface area contributed by atoms with Crippen LogP contribution in [0.25, 0.3) is 5.69 Å². The van der Waals surface area contributed by atoms with E-state index in [2.05, 4.69) is 22.2 Å². The molecule has 136 valence electrons. The van der Waals surface area contributed by atoms with Crippen molar-refractivity contribution in [3.05, 3.63) is 47.8 Å². The highest BCUT2D eigenvalue weighted by atomic mass is 35.5. The van der Waals surface area contributed by atoms with Crippen molar-refractivity contribution >= 4 is 18.4 Å². The molecule has 1 atom stereocenters. The zero-order valence-electron chi connectivity index (χ0n) is 14.6. The molecule has 3 rings (SSSR count). The number of nitrogens with one attached hydrogen (secondary N) is 1. The lowest BCUT2D eigenvalue weighted by atomic mass is 10.2. The minimum Gasteiger partial charge on any atom is -0.461 e. The smallest absolute Gasteiger partial charge is 0.359 e. The van der Waals surface area contributed by atoms with E-state index in [4.69, 9.17) is 4.74 Å². The van der Waals surface area contributed by atoms with Crippen molar-refractivity contribution in [1.29, 1.82) is 0 Å². The van der Waals surface area contributed by atoms with Crippen LogP contribution in [0.5, 0.6) is 0 Å². The van der Waals surface area contributed by atoms with Crippen molar-refractivity contribution in [2.45, 2.75) is 26.4 Å². The van der Waals surface area contributed by atoms with Crippen molar-refractivity contribution in [3.63, 3.8) is 0 Å². The molecule has 0 spiro atoms. The highest BCUT2D eigenvalue weighted by Gasteiger charge is 2.22. The van der Waals surface area contributed by atoms with Crippen LogP contribution in [0.2, 0.25) is 0 Å². The van der Waals surface area contributed by atoms with Gasteiger partial charge in [-0.25, -0.2) is 9.48 Å². The van der Waals surface area contributed by atoms with Crippen LogP contribution in [-0.2, 0) is 11.3 Å². The number of benzene rings is 1. The second-order valence-corrected chi connectivity index (χ2v) is 6.09. The van der Waals surface area contributed by atoms with Gasteiger partial charge >= 0.3 is 5.97 Å². The Hall–Kier alpha value is -1.89. The van der Waals surface area contributed by atoms with Crippen LogP contribution >= 0.6 is 12.4 Å². The molecule has 0 aliphatic carbocycles. The first kappa shape index (κ1) is 19.4. The molecule has 6 nitrogen and oxygen atoms in total. The molecule has 7 heteroatoms. The summed E-state index contributed by atoms with van der Waals surface area (Å²) >= 11 is 0. The maximum absolute atomic E-state index is 12.3. The molecule has 1 N–H and O–H groups in total. The van der Waals surface area contributed by atoms with Crippen molar-refractivity contribution in [3.8, 4) is 5.69 Å². The van der Waals surface area contributed by atoms with Crippen molar-refractivity contribution in [2.24, 2.45) is 0 Å². The quantitative estimate of drug-likeness (QED) is 0.825. The van der Waals surface area contributed by atoms with Gasteiger partial charge in [-0.3, -0.25) is 4.90 Å². The highest BCUT2D eigenvalue weighted by Crippen LogP contribution is 2.16. The van der Waals surface area contributed by atoms with Gasteiger partial charge in [-0.15, -0.1) is 12.4 Å². The number of carbonyl (C=O) groups is 1. The van der Waals surface area contributed by atoms with E-state index in [0.717, 1.165) is 30.9 Å². The predicted octanol–water partition coefficient (Wildman–Crippen LogP) is 2.26. The Bertz CT molecular complexity index is 690. The number of hydrogen-bond acceptors (Lipinski definition) is 5. The Morgan fingerprint density at radius 1 is 1.36 bits per heavy atom. The largest absolute Gasteiger partial charge is 0.461 e. The van der Waals surface area contributed by atoms with Crippen LogP contribution in [0.15, 0.2) is 36.5 Å². The van der Waals surface area contributed by atoms with Crippen LogP contribution < -0.4 is 5.32 Å². The monoisotopic (exact) mass is 364 g/mol. The van der Waals surface area contributed by atoms with Gasteiger partial charge in [-0.2, -0.15) is 5.10 Å². The van der Waals surface area contributed by atoms with E-state index in [-0.39, 0.29) is 18.4 Å². The third kappa shape index (κ3) is 4.81. The van der Waals surface area contributed by atoms with Crippen LogP contribution in [-0.4, -0.2) is 52.9 Å². The average Bonchev–Trinajstić information content (AvgIpc) is 3.00. The molecule has 1 saturated heterocycles. The molecular formula is C18H25ClN4O2. The number of carbonyl (C=O) groups excluding carboxylic acids is 1. The first-order chi connectivity index (χ1) is 11.7. The molecule has 1 fully saturated rings. The predicted molar refractivity (Wildman–Crippen MR) is 99.5 cm³/mol. The second-order valence-electron chi connectivity index (χ2n) is 6.09. The SMILES string of the molecule is CCOC(=O)c1nn(-c2ccccc2)cc1CN1CCN[C@H](C)C1.Cl. The minimum absolute atomic E-state index is 0. The number of rotatable bonds is 5. The first-order valence-electron chi connectivity index (χ1n) is 8.44. The van der Waals surface area contributed by atoms with E-state index >= 15 is 0 Å². The van der Waals surface area contributed by atoms with E-state index in [9.17, 15) is 4.79 Å². The summed E-state index contributed by atoms with van der Waals surface area (Å²) in [5.74, 6) is -0.356. The molecule has 1 aromatic heterocycles. The lowest BCUT2D eigenvalue weighted by molar-refractivity contribution is 0.0516. The molecule has 0 amide bonds. The summed E-state index contributed by atoms with van der Waals surface area (Å²) in [6.45, 7) is 7.91. The topological polar surface area (TPSA) is 59.4 Å². The first-order valence-corrected chi connectivity index (χ1v) is 8.44. The van der Waals surface area contributed by atoms with Crippen LogP contribution in [0.3, 0.4) is 0 Å². The van der Waals surface area contributed by atoms with E-state index in [1.165, 1.54) is 0 Å². The molecule has 0 saturated carbocycles. The standard InChI is InChI=1S/C18H24N4O2.ClH/c1-3-24-18(23)17-15(12-21-10-9-19-14(2)11-21)13-22(20-17)16-7-5-4-6-8-16;/h4-8,13-14,19H,3,9-12H2,1-2H3;1H/t14-;/m1./s1. The lowest BCUT2D eigenvalue weighted by Crippen LogP contribution is -2.48. The van der Waals surface area contributed by atoms with Gasteiger partial charge in [-0.1, -0.05) is 18.2 Å².